The third-order valence-corrected chi connectivity index (χ3v) is 3.16. The first kappa shape index (κ1) is 13.4. The molecule has 4 nitrogen and oxygen atoms in total. The molecule has 1 aromatic carbocycles. The Morgan fingerprint density at radius 3 is 2.19 bits per heavy atom. The Hall–Kier alpha value is -0.650. The molecule has 0 radical (unpaired) electrons. The van der Waals surface area contributed by atoms with E-state index in [1.165, 1.54) is 26.4 Å². The van der Waals surface area contributed by atoms with E-state index in [-0.39, 0.29) is 5.75 Å². The number of hydrogen-bond acceptors (Lipinski definition) is 4. The third-order valence-electron chi connectivity index (χ3n) is 1.88. The average molecular weight is 285 g/mol. The molecule has 0 saturated carbocycles. The van der Waals surface area contributed by atoms with Gasteiger partial charge in [-0.15, -0.1) is 0 Å². The molecule has 0 spiro atoms. The lowest BCUT2D eigenvalue weighted by molar-refractivity contribution is 0.392. The lowest BCUT2D eigenvalue weighted by Gasteiger charge is -2.10. The van der Waals surface area contributed by atoms with Crippen LogP contribution in [0.3, 0.4) is 0 Å². The summed E-state index contributed by atoms with van der Waals surface area (Å²) in [6, 6.07) is 2.97. The summed E-state index contributed by atoms with van der Waals surface area (Å²) in [6.07, 6.45) is 0. The molecule has 7 heteroatoms. The standard InChI is InChI=1S/C9H10Cl2O4S/c1-14-8-4-9(15-2)7(10)3-6(8)5-16(11,12)13/h3-4H,5H2,1-2H3. The molecule has 0 aliphatic heterocycles. The highest BCUT2D eigenvalue weighted by Gasteiger charge is 2.15. The molecule has 0 atom stereocenters. The average Bonchev–Trinajstić information content (AvgIpc) is 2.16. The van der Waals surface area contributed by atoms with Gasteiger partial charge in [-0.2, -0.15) is 0 Å². The van der Waals surface area contributed by atoms with Gasteiger partial charge in [0.2, 0.25) is 9.05 Å². The molecule has 0 fully saturated rings. The zero-order valence-corrected chi connectivity index (χ0v) is 11.0. The summed E-state index contributed by atoms with van der Waals surface area (Å²) >= 11 is 5.87. The predicted octanol–water partition coefficient (Wildman–Crippen LogP) is 2.43. The van der Waals surface area contributed by atoms with Crippen molar-refractivity contribution in [2.45, 2.75) is 5.75 Å². The van der Waals surface area contributed by atoms with Crippen molar-refractivity contribution in [3.8, 4) is 11.5 Å². The minimum Gasteiger partial charge on any atom is -0.496 e. The van der Waals surface area contributed by atoms with E-state index in [0.717, 1.165) is 0 Å². The first-order valence-corrected chi connectivity index (χ1v) is 7.05. The molecule has 0 heterocycles. The van der Waals surface area contributed by atoms with Gasteiger partial charge >= 0.3 is 0 Å². The summed E-state index contributed by atoms with van der Waals surface area (Å²) in [7, 11) is 4.39. The minimum atomic E-state index is -3.65. The summed E-state index contributed by atoms with van der Waals surface area (Å²) < 4.78 is 31.9. The van der Waals surface area contributed by atoms with Crippen LogP contribution in [-0.4, -0.2) is 22.6 Å². The Balaban J connectivity index is 3.23. The largest absolute Gasteiger partial charge is 0.496 e. The SMILES string of the molecule is COc1cc(OC)c(CS(=O)(=O)Cl)cc1Cl. The van der Waals surface area contributed by atoms with Crippen LogP contribution in [0.4, 0.5) is 0 Å². The second-order valence-corrected chi connectivity index (χ2v) is 6.17. The maximum atomic E-state index is 11.0. The molecular weight excluding hydrogens is 275 g/mol. The van der Waals surface area contributed by atoms with Gasteiger partial charge in [-0.3, -0.25) is 0 Å². The second-order valence-electron chi connectivity index (χ2n) is 2.98. The normalized spacial score (nSPS) is 11.2. The van der Waals surface area contributed by atoms with Crippen molar-refractivity contribution in [2.24, 2.45) is 0 Å². The van der Waals surface area contributed by atoms with Gasteiger partial charge < -0.3 is 9.47 Å². The van der Waals surface area contributed by atoms with Gasteiger partial charge in [0.15, 0.2) is 0 Å². The van der Waals surface area contributed by atoms with E-state index in [9.17, 15) is 8.42 Å². The van der Waals surface area contributed by atoms with Gasteiger partial charge in [0.05, 0.1) is 25.0 Å². The van der Waals surface area contributed by atoms with Crippen LogP contribution in [0.5, 0.6) is 11.5 Å². The number of benzene rings is 1. The van der Waals surface area contributed by atoms with E-state index in [2.05, 4.69) is 0 Å². The number of rotatable bonds is 4. The van der Waals surface area contributed by atoms with Crippen LogP contribution in [0.15, 0.2) is 12.1 Å². The molecule has 0 aliphatic rings. The van der Waals surface area contributed by atoms with Crippen LogP contribution in [-0.2, 0) is 14.8 Å². The fourth-order valence-corrected chi connectivity index (χ4v) is 2.43. The van der Waals surface area contributed by atoms with E-state index >= 15 is 0 Å². The molecule has 0 unspecified atom stereocenters. The zero-order chi connectivity index (χ0) is 12.3. The van der Waals surface area contributed by atoms with Crippen LogP contribution in [0.1, 0.15) is 5.56 Å². The van der Waals surface area contributed by atoms with Crippen molar-refractivity contribution in [2.75, 3.05) is 14.2 Å². The Morgan fingerprint density at radius 2 is 1.75 bits per heavy atom. The molecule has 0 N–H and O–H groups in total. The van der Waals surface area contributed by atoms with Gasteiger partial charge in [0, 0.05) is 22.3 Å². The third kappa shape index (κ3) is 3.43. The van der Waals surface area contributed by atoms with Crippen LogP contribution < -0.4 is 9.47 Å². The maximum Gasteiger partial charge on any atom is 0.236 e. The first-order chi connectivity index (χ1) is 7.37. The summed E-state index contributed by atoms with van der Waals surface area (Å²) in [4.78, 5) is 0. The zero-order valence-electron chi connectivity index (χ0n) is 8.66. The van der Waals surface area contributed by atoms with E-state index in [0.29, 0.717) is 22.1 Å². The fourth-order valence-electron chi connectivity index (χ4n) is 1.22. The van der Waals surface area contributed by atoms with E-state index in [1.807, 2.05) is 0 Å². The van der Waals surface area contributed by atoms with Crippen LogP contribution in [0, 0.1) is 0 Å². The molecule has 0 amide bonds. The molecule has 0 saturated heterocycles. The molecule has 0 bridgehead atoms. The molecule has 16 heavy (non-hydrogen) atoms. The number of hydrogen-bond donors (Lipinski definition) is 0. The van der Waals surface area contributed by atoms with Crippen molar-refractivity contribution in [1.29, 1.82) is 0 Å². The summed E-state index contributed by atoms with van der Waals surface area (Å²) in [5, 5.41) is 0.304. The fraction of sp³-hybridized carbons (Fsp3) is 0.333. The predicted molar refractivity (Wildman–Crippen MR) is 63.0 cm³/mol. The van der Waals surface area contributed by atoms with Crippen molar-refractivity contribution in [1.82, 2.24) is 0 Å². The lowest BCUT2D eigenvalue weighted by Crippen LogP contribution is -1.99. The summed E-state index contributed by atoms with van der Waals surface area (Å²) in [5.74, 6) is 0.432. The van der Waals surface area contributed by atoms with Gasteiger partial charge in [0.1, 0.15) is 11.5 Å². The molecule has 1 aromatic rings. The Labute approximate surface area is 103 Å². The minimum absolute atomic E-state index is 0.304. The number of methoxy groups -OCH3 is 2. The number of ether oxygens (including phenoxy) is 2. The second kappa shape index (κ2) is 5.12. The van der Waals surface area contributed by atoms with E-state index in [4.69, 9.17) is 31.8 Å². The van der Waals surface area contributed by atoms with Crippen molar-refractivity contribution in [3.05, 3.63) is 22.7 Å². The molecular formula is C9H10Cl2O4S. The van der Waals surface area contributed by atoms with Gasteiger partial charge in [-0.25, -0.2) is 8.42 Å². The Morgan fingerprint density at radius 1 is 1.19 bits per heavy atom. The number of halogens is 2. The van der Waals surface area contributed by atoms with Crippen molar-refractivity contribution in [3.63, 3.8) is 0 Å². The van der Waals surface area contributed by atoms with Crippen molar-refractivity contribution >= 4 is 31.3 Å². The van der Waals surface area contributed by atoms with E-state index in [1.54, 1.807) is 0 Å². The summed E-state index contributed by atoms with van der Waals surface area (Å²) in [5.41, 5.74) is 0.392. The van der Waals surface area contributed by atoms with Gasteiger partial charge in [-0.1, -0.05) is 11.6 Å². The summed E-state index contributed by atoms with van der Waals surface area (Å²) in [6.45, 7) is 0. The maximum absolute atomic E-state index is 11.0. The monoisotopic (exact) mass is 284 g/mol. The molecule has 0 aliphatic carbocycles. The highest BCUT2D eigenvalue weighted by atomic mass is 35.7. The van der Waals surface area contributed by atoms with Crippen LogP contribution in [0.2, 0.25) is 5.02 Å². The Kier molecular flexibility index (Phi) is 4.29. The van der Waals surface area contributed by atoms with Crippen molar-refractivity contribution < 1.29 is 17.9 Å². The smallest absolute Gasteiger partial charge is 0.236 e. The quantitative estimate of drug-likeness (QED) is 0.797. The molecule has 1 rings (SSSR count). The topological polar surface area (TPSA) is 52.6 Å². The van der Waals surface area contributed by atoms with Crippen LogP contribution >= 0.6 is 22.3 Å². The molecule has 0 aromatic heterocycles. The lowest BCUT2D eigenvalue weighted by atomic mass is 10.2. The van der Waals surface area contributed by atoms with E-state index < -0.39 is 9.05 Å². The highest BCUT2D eigenvalue weighted by molar-refractivity contribution is 8.13. The first-order valence-electron chi connectivity index (χ1n) is 4.20. The molecule has 90 valence electrons. The van der Waals surface area contributed by atoms with Crippen LogP contribution in [0.25, 0.3) is 0 Å². The van der Waals surface area contributed by atoms with Gasteiger partial charge in [-0.05, 0) is 6.07 Å². The highest BCUT2D eigenvalue weighted by Crippen LogP contribution is 2.33. The Bertz CT molecular complexity index is 485. The van der Waals surface area contributed by atoms with Gasteiger partial charge in [0.25, 0.3) is 0 Å².